The van der Waals surface area contributed by atoms with Gasteiger partial charge < -0.3 is 15.2 Å². The van der Waals surface area contributed by atoms with Crippen molar-refractivity contribution in [3.63, 3.8) is 0 Å². The Labute approximate surface area is 126 Å². The van der Waals surface area contributed by atoms with Gasteiger partial charge in [-0.15, -0.1) is 0 Å². The average molecular weight is 300 g/mol. The molecule has 0 unspecified atom stereocenters. The van der Waals surface area contributed by atoms with Crippen molar-refractivity contribution in [2.75, 3.05) is 14.2 Å². The minimum atomic E-state index is -1.65. The molecule has 6 nitrogen and oxygen atoms in total. The van der Waals surface area contributed by atoms with Crippen molar-refractivity contribution in [3.8, 4) is 12.1 Å². The fraction of sp³-hybridized carbons (Fsp3) is 0.400. The maximum Gasteiger partial charge on any atom is 0.292 e. The smallest absolute Gasteiger partial charge is 0.292 e. The van der Waals surface area contributed by atoms with E-state index in [2.05, 4.69) is 17.1 Å². The van der Waals surface area contributed by atoms with Gasteiger partial charge in [-0.2, -0.15) is 10.5 Å². The molecule has 3 atom stereocenters. The third kappa shape index (κ3) is 1.22. The number of halogens is 1. The Morgan fingerprint density at radius 3 is 2.23 bits per heavy atom. The second-order valence-electron chi connectivity index (χ2n) is 5.31. The molecule has 1 saturated carbocycles. The van der Waals surface area contributed by atoms with Crippen LogP contribution in [0.3, 0.4) is 0 Å². The van der Waals surface area contributed by atoms with Crippen LogP contribution in [-0.2, 0) is 9.47 Å². The van der Waals surface area contributed by atoms with Gasteiger partial charge in [0.15, 0.2) is 5.41 Å². The summed E-state index contributed by atoms with van der Waals surface area (Å²) in [6.45, 7) is 0. The lowest BCUT2D eigenvalue weighted by molar-refractivity contribution is -0.230. The van der Waals surface area contributed by atoms with Crippen LogP contribution in [0.5, 0.6) is 0 Å². The van der Waals surface area contributed by atoms with E-state index < -0.39 is 28.5 Å². The number of benzene rings is 1. The van der Waals surface area contributed by atoms with Crippen molar-refractivity contribution in [1.82, 2.24) is 0 Å². The minimum Gasteiger partial charge on any atom is -0.386 e. The molecule has 1 aromatic rings. The maximum absolute atomic E-state index is 13.1. The molecule has 0 radical (unpaired) electrons. The summed E-state index contributed by atoms with van der Waals surface area (Å²) in [7, 11) is 2.68. The van der Waals surface area contributed by atoms with E-state index in [0.717, 1.165) is 0 Å². The van der Waals surface area contributed by atoms with Gasteiger partial charge in [-0.3, -0.25) is 0 Å². The van der Waals surface area contributed by atoms with Crippen LogP contribution in [0.25, 0.3) is 0 Å². The van der Waals surface area contributed by atoms with Crippen molar-refractivity contribution < 1.29 is 13.9 Å². The highest BCUT2D eigenvalue weighted by atomic mass is 19.1. The maximum atomic E-state index is 13.1. The third-order valence-corrected chi connectivity index (χ3v) is 4.68. The molecule has 0 aromatic heterocycles. The molecule has 1 aromatic carbocycles. The number of nitriles is 2. The lowest BCUT2D eigenvalue weighted by Crippen LogP contribution is -2.41. The first-order chi connectivity index (χ1) is 10.5. The Morgan fingerprint density at radius 1 is 1.18 bits per heavy atom. The van der Waals surface area contributed by atoms with Crippen molar-refractivity contribution in [3.05, 3.63) is 35.6 Å². The average Bonchev–Trinajstić information content (AvgIpc) is 3.11. The van der Waals surface area contributed by atoms with Gasteiger partial charge in [0.25, 0.3) is 5.91 Å². The quantitative estimate of drug-likeness (QED) is 0.846. The van der Waals surface area contributed by atoms with Crippen LogP contribution < -0.4 is 5.73 Å². The standard InChI is InChI=1S/C15H13FN4O2/c1-21-15(22-2)14(8-18)11(9-3-5-10(16)6-4-9)13(14,7-17)12(19)20-15/h3-6,11H,1-2H3,(H2,19,20)/t11-,13+,14-/m1/s1. The molecule has 1 aliphatic carbocycles. The van der Waals surface area contributed by atoms with Gasteiger partial charge in [0, 0.05) is 20.1 Å². The van der Waals surface area contributed by atoms with Gasteiger partial charge in [0.2, 0.25) is 0 Å². The zero-order chi connectivity index (χ0) is 16.2. The Morgan fingerprint density at radius 2 is 1.77 bits per heavy atom. The topological polar surface area (TPSA) is 104 Å². The van der Waals surface area contributed by atoms with Crippen molar-refractivity contribution >= 4 is 5.84 Å². The summed E-state index contributed by atoms with van der Waals surface area (Å²) in [6.07, 6.45) is 0. The number of rotatable bonds is 3. The van der Waals surface area contributed by atoms with E-state index in [1.807, 2.05) is 0 Å². The van der Waals surface area contributed by atoms with Crippen LogP contribution in [0.2, 0.25) is 0 Å². The summed E-state index contributed by atoms with van der Waals surface area (Å²) in [6, 6.07) is 9.84. The molecule has 0 bridgehead atoms. The van der Waals surface area contributed by atoms with E-state index >= 15 is 0 Å². The lowest BCUT2D eigenvalue weighted by Gasteiger charge is -2.29. The Balaban J connectivity index is 2.23. The van der Waals surface area contributed by atoms with Gasteiger partial charge in [0.05, 0.1) is 12.1 Å². The van der Waals surface area contributed by atoms with E-state index in [1.54, 1.807) is 0 Å². The summed E-state index contributed by atoms with van der Waals surface area (Å²) in [5.74, 6) is -2.67. The predicted octanol–water partition coefficient (Wildman–Crippen LogP) is 1.26. The molecule has 0 spiro atoms. The van der Waals surface area contributed by atoms with E-state index in [1.165, 1.54) is 38.5 Å². The van der Waals surface area contributed by atoms with Gasteiger partial charge in [0.1, 0.15) is 17.1 Å². The van der Waals surface area contributed by atoms with E-state index in [-0.39, 0.29) is 5.84 Å². The van der Waals surface area contributed by atoms with Crippen LogP contribution >= 0.6 is 0 Å². The normalized spacial score (nSPS) is 34.2. The summed E-state index contributed by atoms with van der Waals surface area (Å²) >= 11 is 0. The summed E-state index contributed by atoms with van der Waals surface area (Å²) < 4.78 is 23.8. The molecule has 1 aliphatic heterocycles. The number of amidine groups is 1. The first-order valence-corrected chi connectivity index (χ1v) is 6.53. The molecule has 0 amide bonds. The molecule has 22 heavy (non-hydrogen) atoms. The van der Waals surface area contributed by atoms with Crippen molar-refractivity contribution in [2.45, 2.75) is 11.8 Å². The highest BCUT2D eigenvalue weighted by Gasteiger charge is 2.93. The SMILES string of the molecule is COC1(OC)N=C(N)[C@]2(C#N)[C@@H](c3ccc(F)cc3)[C@@]12C#N. The summed E-state index contributed by atoms with van der Waals surface area (Å²) in [4.78, 5) is 4.10. The second-order valence-corrected chi connectivity index (χ2v) is 5.31. The van der Waals surface area contributed by atoms with Crippen molar-refractivity contribution in [1.29, 1.82) is 10.5 Å². The number of fused-ring (bicyclic) bond motifs is 1. The van der Waals surface area contributed by atoms with E-state index in [0.29, 0.717) is 5.56 Å². The Kier molecular flexibility index (Phi) is 2.80. The molecule has 2 N–H and O–H groups in total. The number of aliphatic imine (C=N–C) groups is 1. The number of ether oxygens (including phenoxy) is 2. The van der Waals surface area contributed by atoms with E-state index in [4.69, 9.17) is 15.2 Å². The zero-order valence-electron chi connectivity index (χ0n) is 12.0. The molecule has 1 heterocycles. The lowest BCUT2D eigenvalue weighted by atomic mass is 9.93. The first-order valence-electron chi connectivity index (χ1n) is 6.53. The fourth-order valence-corrected chi connectivity index (χ4v) is 3.68. The van der Waals surface area contributed by atoms with Crippen LogP contribution in [0.15, 0.2) is 29.3 Å². The molecular weight excluding hydrogens is 287 g/mol. The van der Waals surface area contributed by atoms with Crippen LogP contribution in [0.1, 0.15) is 11.5 Å². The monoisotopic (exact) mass is 300 g/mol. The van der Waals surface area contributed by atoms with Gasteiger partial charge in [-0.05, 0) is 17.7 Å². The highest BCUT2D eigenvalue weighted by Crippen LogP contribution is 2.81. The molecule has 3 rings (SSSR count). The predicted molar refractivity (Wildman–Crippen MR) is 73.6 cm³/mol. The van der Waals surface area contributed by atoms with Crippen molar-refractivity contribution in [2.24, 2.45) is 21.6 Å². The number of hydrogen-bond donors (Lipinski definition) is 1. The molecule has 112 valence electrons. The summed E-state index contributed by atoms with van der Waals surface area (Å²) in [5, 5.41) is 19.5. The van der Waals surface area contributed by atoms with Gasteiger partial charge >= 0.3 is 0 Å². The molecule has 0 saturated heterocycles. The van der Waals surface area contributed by atoms with Gasteiger partial charge in [-0.25, -0.2) is 9.38 Å². The highest BCUT2D eigenvalue weighted by molar-refractivity contribution is 6.00. The van der Waals surface area contributed by atoms with E-state index in [9.17, 15) is 14.9 Å². The largest absolute Gasteiger partial charge is 0.386 e. The fourth-order valence-electron chi connectivity index (χ4n) is 3.68. The van der Waals surface area contributed by atoms with Crippen LogP contribution in [0.4, 0.5) is 4.39 Å². The second kappa shape index (κ2) is 4.26. The molecular formula is C15H13FN4O2. The number of nitrogens with two attached hydrogens (primary N) is 1. The molecule has 2 aliphatic rings. The Hall–Kier alpha value is -2.48. The zero-order valence-corrected chi connectivity index (χ0v) is 12.0. The first kappa shape index (κ1) is 14.5. The Bertz CT molecular complexity index is 744. The number of nitrogens with zero attached hydrogens (tertiary/aromatic N) is 3. The number of hydrogen-bond acceptors (Lipinski definition) is 6. The van der Waals surface area contributed by atoms with Gasteiger partial charge in [-0.1, -0.05) is 12.1 Å². The van der Waals surface area contributed by atoms with Crippen LogP contribution in [-0.4, -0.2) is 26.0 Å². The summed E-state index contributed by atoms with van der Waals surface area (Å²) in [5.41, 5.74) is 3.82. The third-order valence-electron chi connectivity index (χ3n) is 4.68. The molecule has 7 heteroatoms. The molecule has 1 fully saturated rings. The van der Waals surface area contributed by atoms with Crippen LogP contribution in [0, 0.1) is 39.3 Å². The minimum absolute atomic E-state index is 0.00502. The number of methoxy groups -OCH3 is 2.